The van der Waals surface area contributed by atoms with E-state index in [0.29, 0.717) is 36.9 Å². The van der Waals surface area contributed by atoms with Crippen LogP contribution in [0.5, 0.6) is 11.5 Å². The molecule has 1 aromatic carbocycles. The second kappa shape index (κ2) is 8.40. The minimum absolute atomic E-state index is 0.322. The molecule has 4 heteroatoms. The summed E-state index contributed by atoms with van der Waals surface area (Å²) in [5, 5.41) is 0. The van der Waals surface area contributed by atoms with E-state index in [1.807, 2.05) is 13.8 Å². The molecule has 1 rings (SSSR count). The topological polar surface area (TPSA) is 44.8 Å². The second-order valence-corrected chi connectivity index (χ2v) is 4.02. The fourth-order valence-corrected chi connectivity index (χ4v) is 1.57. The fraction of sp³-hybridized carbons (Fsp3) is 0.533. The molecule has 0 bridgehead atoms. The molecule has 0 spiro atoms. The smallest absolute Gasteiger partial charge is 0.338 e. The number of hydrogen-bond donors (Lipinski definition) is 0. The highest BCUT2D eigenvalue weighted by molar-refractivity contribution is 5.90. The van der Waals surface area contributed by atoms with Crippen LogP contribution < -0.4 is 9.47 Å². The molecule has 0 aromatic heterocycles. The van der Waals surface area contributed by atoms with Crippen molar-refractivity contribution >= 4 is 5.97 Å². The molecule has 0 aliphatic rings. The molecular weight excluding hydrogens is 244 g/mol. The third-order valence-electron chi connectivity index (χ3n) is 2.51. The summed E-state index contributed by atoms with van der Waals surface area (Å²) in [6, 6.07) is 5.11. The molecule has 0 atom stereocenters. The molecule has 0 saturated carbocycles. The zero-order valence-electron chi connectivity index (χ0n) is 11.9. The summed E-state index contributed by atoms with van der Waals surface area (Å²) in [4.78, 5) is 11.8. The molecular formula is C15H22O4. The van der Waals surface area contributed by atoms with Crippen LogP contribution in [-0.2, 0) is 4.74 Å². The van der Waals surface area contributed by atoms with Crippen LogP contribution in [0.25, 0.3) is 0 Å². The fourth-order valence-electron chi connectivity index (χ4n) is 1.57. The van der Waals surface area contributed by atoms with Gasteiger partial charge >= 0.3 is 5.97 Å². The molecule has 0 fully saturated rings. The monoisotopic (exact) mass is 266 g/mol. The van der Waals surface area contributed by atoms with E-state index >= 15 is 0 Å². The van der Waals surface area contributed by atoms with Gasteiger partial charge in [-0.3, -0.25) is 0 Å². The van der Waals surface area contributed by atoms with E-state index in [4.69, 9.17) is 14.2 Å². The summed E-state index contributed by atoms with van der Waals surface area (Å²) >= 11 is 0. The Hall–Kier alpha value is -1.71. The Kier molecular flexibility index (Phi) is 6.79. The first kappa shape index (κ1) is 15.3. The first-order valence-corrected chi connectivity index (χ1v) is 6.79. The third-order valence-corrected chi connectivity index (χ3v) is 2.51. The molecule has 19 heavy (non-hydrogen) atoms. The van der Waals surface area contributed by atoms with E-state index in [9.17, 15) is 4.79 Å². The summed E-state index contributed by atoms with van der Waals surface area (Å²) in [6.45, 7) is 7.38. The molecule has 4 nitrogen and oxygen atoms in total. The van der Waals surface area contributed by atoms with Crippen LogP contribution in [0.4, 0.5) is 0 Å². The molecule has 0 N–H and O–H groups in total. The molecule has 0 aliphatic heterocycles. The maximum Gasteiger partial charge on any atom is 0.338 e. The number of rotatable bonds is 8. The quantitative estimate of drug-likeness (QED) is 0.534. The minimum Gasteiger partial charge on any atom is -0.490 e. The largest absolute Gasteiger partial charge is 0.490 e. The molecule has 1 aromatic rings. The lowest BCUT2D eigenvalue weighted by atomic mass is 10.2. The normalized spacial score (nSPS) is 10.1. The zero-order chi connectivity index (χ0) is 14.1. The molecule has 0 unspecified atom stereocenters. The Morgan fingerprint density at radius 3 is 2.37 bits per heavy atom. The predicted octanol–water partition coefficient (Wildman–Crippen LogP) is 3.44. The number of unbranched alkanes of at least 4 members (excludes halogenated alkanes) is 1. The Bertz CT molecular complexity index is 401. The Morgan fingerprint density at radius 1 is 1.05 bits per heavy atom. The van der Waals surface area contributed by atoms with Gasteiger partial charge in [0.2, 0.25) is 0 Å². The maximum absolute atomic E-state index is 11.8. The van der Waals surface area contributed by atoms with Gasteiger partial charge in [-0.15, -0.1) is 0 Å². The summed E-state index contributed by atoms with van der Waals surface area (Å²) in [5.41, 5.74) is 0.489. The van der Waals surface area contributed by atoms with Crippen molar-refractivity contribution in [3.63, 3.8) is 0 Å². The first-order chi connectivity index (χ1) is 9.22. The molecule has 0 radical (unpaired) electrons. The summed E-state index contributed by atoms with van der Waals surface area (Å²) in [7, 11) is 0. The number of hydrogen-bond acceptors (Lipinski definition) is 4. The van der Waals surface area contributed by atoms with Crippen LogP contribution in [0.1, 0.15) is 44.0 Å². The van der Waals surface area contributed by atoms with Crippen LogP contribution in [0.15, 0.2) is 18.2 Å². The lowest BCUT2D eigenvalue weighted by molar-refractivity contribution is 0.0499. The molecule has 0 aliphatic carbocycles. The van der Waals surface area contributed by atoms with E-state index < -0.39 is 0 Å². The third kappa shape index (κ3) is 4.81. The number of carbonyl (C=O) groups excluding carboxylic acids is 1. The van der Waals surface area contributed by atoms with Gasteiger partial charge in [0.05, 0.1) is 25.4 Å². The van der Waals surface area contributed by atoms with Crippen LogP contribution in [-0.4, -0.2) is 25.8 Å². The highest BCUT2D eigenvalue weighted by atomic mass is 16.5. The van der Waals surface area contributed by atoms with Gasteiger partial charge in [0.25, 0.3) is 0 Å². The highest BCUT2D eigenvalue weighted by Gasteiger charge is 2.12. The number of ether oxygens (including phenoxy) is 3. The first-order valence-electron chi connectivity index (χ1n) is 6.79. The summed E-state index contributed by atoms with van der Waals surface area (Å²) in [6.07, 6.45) is 1.88. The van der Waals surface area contributed by atoms with E-state index in [1.54, 1.807) is 18.2 Å². The van der Waals surface area contributed by atoms with Crippen LogP contribution in [0.2, 0.25) is 0 Å². The number of esters is 1. The Balaban J connectivity index is 2.78. The number of carbonyl (C=O) groups is 1. The average molecular weight is 266 g/mol. The minimum atomic E-state index is -0.322. The molecule has 106 valence electrons. The standard InChI is InChI=1S/C15H22O4/c1-4-7-10-19-15(16)12-8-9-13(17-5-2)14(11-12)18-6-3/h8-9,11H,4-7,10H2,1-3H3. The van der Waals surface area contributed by atoms with Crippen molar-refractivity contribution in [1.82, 2.24) is 0 Å². The maximum atomic E-state index is 11.8. The van der Waals surface area contributed by atoms with Crippen molar-refractivity contribution in [3.8, 4) is 11.5 Å². The van der Waals surface area contributed by atoms with Crippen molar-refractivity contribution in [3.05, 3.63) is 23.8 Å². The number of benzene rings is 1. The average Bonchev–Trinajstić information content (AvgIpc) is 2.41. The van der Waals surface area contributed by atoms with Gasteiger partial charge in [-0.1, -0.05) is 13.3 Å². The van der Waals surface area contributed by atoms with E-state index in [1.165, 1.54) is 0 Å². The van der Waals surface area contributed by atoms with Gasteiger partial charge in [-0.2, -0.15) is 0 Å². The highest BCUT2D eigenvalue weighted by Crippen LogP contribution is 2.28. The van der Waals surface area contributed by atoms with E-state index in [-0.39, 0.29) is 5.97 Å². The van der Waals surface area contributed by atoms with Gasteiger partial charge in [0.15, 0.2) is 11.5 Å². The SMILES string of the molecule is CCCCOC(=O)c1ccc(OCC)c(OCC)c1. The van der Waals surface area contributed by atoms with Crippen molar-refractivity contribution in [1.29, 1.82) is 0 Å². The summed E-state index contributed by atoms with van der Waals surface area (Å²) < 4.78 is 16.1. The molecule has 0 amide bonds. The summed E-state index contributed by atoms with van der Waals surface area (Å²) in [5.74, 6) is 0.904. The predicted molar refractivity (Wildman–Crippen MR) is 74.0 cm³/mol. The van der Waals surface area contributed by atoms with Crippen molar-refractivity contribution < 1.29 is 19.0 Å². The zero-order valence-corrected chi connectivity index (χ0v) is 11.9. The van der Waals surface area contributed by atoms with Crippen molar-refractivity contribution in [2.24, 2.45) is 0 Å². The van der Waals surface area contributed by atoms with Gasteiger partial charge in [0, 0.05) is 0 Å². The second-order valence-electron chi connectivity index (χ2n) is 4.02. The van der Waals surface area contributed by atoms with Gasteiger partial charge in [-0.25, -0.2) is 4.79 Å². The van der Waals surface area contributed by atoms with E-state index in [0.717, 1.165) is 12.8 Å². The van der Waals surface area contributed by atoms with Gasteiger partial charge in [-0.05, 0) is 38.5 Å². The van der Waals surface area contributed by atoms with Crippen LogP contribution in [0, 0.1) is 0 Å². The van der Waals surface area contributed by atoms with Crippen LogP contribution in [0.3, 0.4) is 0 Å². The Labute approximate surface area is 114 Å². The lowest BCUT2D eigenvalue weighted by Gasteiger charge is -2.12. The molecule has 0 heterocycles. The molecule has 0 saturated heterocycles. The van der Waals surface area contributed by atoms with Gasteiger partial charge < -0.3 is 14.2 Å². The van der Waals surface area contributed by atoms with Crippen molar-refractivity contribution in [2.75, 3.05) is 19.8 Å². The van der Waals surface area contributed by atoms with E-state index in [2.05, 4.69) is 6.92 Å². The van der Waals surface area contributed by atoms with Crippen LogP contribution >= 0.6 is 0 Å². The Morgan fingerprint density at radius 2 is 1.74 bits per heavy atom. The van der Waals surface area contributed by atoms with Gasteiger partial charge in [0.1, 0.15) is 0 Å². The lowest BCUT2D eigenvalue weighted by Crippen LogP contribution is -2.07. The van der Waals surface area contributed by atoms with Crippen molar-refractivity contribution in [2.45, 2.75) is 33.6 Å².